The van der Waals surface area contributed by atoms with Crippen LogP contribution in [0, 0.1) is 17.3 Å². The van der Waals surface area contributed by atoms with E-state index >= 15 is 0 Å². The molecule has 1 rings (SSSR count). The highest BCUT2D eigenvalue weighted by Crippen LogP contribution is 2.30. The summed E-state index contributed by atoms with van der Waals surface area (Å²) in [7, 11) is -3.43. The Balaban J connectivity index is 2.31. The number of sulfonamides is 1. The lowest BCUT2D eigenvalue weighted by molar-refractivity contribution is 0.0517. The molecule has 0 saturated heterocycles. The molecule has 1 aliphatic rings. The van der Waals surface area contributed by atoms with Gasteiger partial charge >= 0.3 is 0 Å². The molecular weight excluding hydrogens is 250 g/mol. The van der Waals surface area contributed by atoms with Crippen molar-refractivity contribution >= 4 is 10.0 Å². The minimum Gasteiger partial charge on any atom is -0.381 e. The van der Waals surface area contributed by atoms with Gasteiger partial charge in [0.1, 0.15) is 0 Å². The van der Waals surface area contributed by atoms with Gasteiger partial charge < -0.3 is 4.74 Å². The third-order valence-electron chi connectivity index (χ3n) is 3.87. The predicted octanol–water partition coefficient (Wildman–Crippen LogP) is 2.14. The Hall–Kier alpha value is -0.130. The van der Waals surface area contributed by atoms with E-state index in [4.69, 9.17) is 9.88 Å². The Labute approximate surface area is 111 Å². The lowest BCUT2D eigenvalue weighted by Crippen LogP contribution is -2.34. The van der Waals surface area contributed by atoms with E-state index in [0.29, 0.717) is 6.61 Å². The molecule has 108 valence electrons. The smallest absolute Gasteiger partial charge is 0.209 e. The van der Waals surface area contributed by atoms with E-state index in [9.17, 15) is 8.42 Å². The van der Waals surface area contributed by atoms with Crippen molar-refractivity contribution in [2.24, 2.45) is 22.4 Å². The molecule has 0 radical (unpaired) electrons. The quantitative estimate of drug-likeness (QED) is 0.725. The molecule has 1 fully saturated rings. The summed E-state index contributed by atoms with van der Waals surface area (Å²) >= 11 is 0. The van der Waals surface area contributed by atoms with E-state index < -0.39 is 10.0 Å². The van der Waals surface area contributed by atoms with Gasteiger partial charge in [-0.3, -0.25) is 0 Å². The van der Waals surface area contributed by atoms with Crippen LogP contribution in [0.3, 0.4) is 0 Å². The highest BCUT2D eigenvalue weighted by Gasteiger charge is 2.28. The van der Waals surface area contributed by atoms with Crippen LogP contribution in [0.5, 0.6) is 0 Å². The van der Waals surface area contributed by atoms with Gasteiger partial charge in [0.05, 0.1) is 12.4 Å². The van der Waals surface area contributed by atoms with Crippen LogP contribution in [0.1, 0.15) is 46.5 Å². The third kappa shape index (κ3) is 6.16. The largest absolute Gasteiger partial charge is 0.381 e. The first-order valence-electron chi connectivity index (χ1n) is 6.76. The van der Waals surface area contributed by atoms with Gasteiger partial charge in [0.2, 0.25) is 10.0 Å². The topological polar surface area (TPSA) is 69.4 Å². The second-order valence-corrected chi connectivity index (χ2v) is 8.21. The number of hydrogen-bond donors (Lipinski definition) is 1. The summed E-state index contributed by atoms with van der Waals surface area (Å²) in [6, 6.07) is 0. The summed E-state index contributed by atoms with van der Waals surface area (Å²) in [5.74, 6) is 0.783. The molecule has 4 nitrogen and oxygen atoms in total. The van der Waals surface area contributed by atoms with Gasteiger partial charge in [-0.05, 0) is 17.8 Å². The number of rotatable bonds is 7. The SMILES string of the molecule is CC(C)(C)C(COCCC1CCC1)CS(N)(=O)=O. The molecular formula is C13H27NO3S. The summed E-state index contributed by atoms with van der Waals surface area (Å²) in [6.07, 6.45) is 5.10. The molecule has 18 heavy (non-hydrogen) atoms. The van der Waals surface area contributed by atoms with E-state index in [0.717, 1.165) is 18.9 Å². The highest BCUT2D eigenvalue weighted by atomic mass is 32.2. The maximum Gasteiger partial charge on any atom is 0.209 e. The summed E-state index contributed by atoms with van der Waals surface area (Å²) in [5, 5.41) is 5.13. The molecule has 0 heterocycles. The number of hydrogen-bond acceptors (Lipinski definition) is 3. The van der Waals surface area contributed by atoms with Crippen molar-refractivity contribution in [3.05, 3.63) is 0 Å². The Morgan fingerprint density at radius 3 is 2.33 bits per heavy atom. The molecule has 0 bridgehead atoms. The van der Waals surface area contributed by atoms with E-state index in [2.05, 4.69) is 0 Å². The van der Waals surface area contributed by atoms with Crippen LogP contribution >= 0.6 is 0 Å². The van der Waals surface area contributed by atoms with E-state index in [1.807, 2.05) is 20.8 Å². The van der Waals surface area contributed by atoms with Crippen LogP contribution in [0.4, 0.5) is 0 Å². The minimum absolute atomic E-state index is 0.0000709. The molecule has 0 aromatic rings. The summed E-state index contributed by atoms with van der Waals surface area (Å²) in [5.41, 5.74) is -0.108. The first-order valence-corrected chi connectivity index (χ1v) is 8.48. The minimum atomic E-state index is -3.43. The number of primary sulfonamides is 1. The Morgan fingerprint density at radius 1 is 1.33 bits per heavy atom. The Bertz CT molecular complexity index is 342. The van der Waals surface area contributed by atoms with Crippen LogP contribution in [-0.2, 0) is 14.8 Å². The molecule has 1 unspecified atom stereocenters. The standard InChI is InChI=1S/C13H27NO3S/c1-13(2,3)12(10-18(14,15)16)9-17-8-7-11-5-4-6-11/h11-12H,4-10H2,1-3H3,(H2,14,15,16). The fraction of sp³-hybridized carbons (Fsp3) is 1.00. The van der Waals surface area contributed by atoms with Gasteiger partial charge in [-0.2, -0.15) is 0 Å². The average Bonchev–Trinajstić information content (AvgIpc) is 2.09. The second-order valence-electron chi connectivity index (χ2n) is 6.55. The molecule has 0 aromatic heterocycles. The van der Waals surface area contributed by atoms with Crippen molar-refractivity contribution in [1.29, 1.82) is 0 Å². The van der Waals surface area contributed by atoms with Gasteiger partial charge in [0.15, 0.2) is 0 Å². The zero-order chi connectivity index (χ0) is 13.8. The fourth-order valence-corrected chi connectivity index (χ4v) is 3.24. The molecule has 0 spiro atoms. The first-order chi connectivity index (χ1) is 8.18. The Kier molecular flexibility index (Phi) is 5.62. The molecule has 0 aromatic carbocycles. The van der Waals surface area contributed by atoms with Crippen LogP contribution < -0.4 is 5.14 Å². The molecule has 2 N–H and O–H groups in total. The third-order valence-corrected chi connectivity index (χ3v) is 4.74. The van der Waals surface area contributed by atoms with Crippen LogP contribution in [-0.4, -0.2) is 27.4 Å². The molecule has 1 atom stereocenters. The Morgan fingerprint density at radius 2 is 1.94 bits per heavy atom. The summed E-state index contributed by atoms with van der Waals surface area (Å²) in [4.78, 5) is 0. The fourth-order valence-electron chi connectivity index (χ4n) is 2.09. The zero-order valence-electron chi connectivity index (χ0n) is 11.8. The van der Waals surface area contributed by atoms with Gasteiger partial charge in [0.25, 0.3) is 0 Å². The number of ether oxygens (including phenoxy) is 1. The lowest BCUT2D eigenvalue weighted by Gasteiger charge is -2.30. The van der Waals surface area contributed by atoms with E-state index in [1.54, 1.807) is 0 Å². The van der Waals surface area contributed by atoms with Crippen molar-refractivity contribution in [2.45, 2.75) is 46.5 Å². The van der Waals surface area contributed by atoms with Gasteiger partial charge in [0, 0.05) is 12.5 Å². The summed E-state index contributed by atoms with van der Waals surface area (Å²) < 4.78 is 28.1. The lowest BCUT2D eigenvalue weighted by atomic mass is 9.82. The van der Waals surface area contributed by atoms with E-state index in [-0.39, 0.29) is 17.1 Å². The highest BCUT2D eigenvalue weighted by molar-refractivity contribution is 7.89. The monoisotopic (exact) mass is 277 g/mol. The number of nitrogens with two attached hydrogens (primary N) is 1. The average molecular weight is 277 g/mol. The molecule has 5 heteroatoms. The van der Waals surface area contributed by atoms with Crippen molar-refractivity contribution in [2.75, 3.05) is 19.0 Å². The molecule has 1 aliphatic carbocycles. The van der Waals surface area contributed by atoms with Gasteiger partial charge in [-0.15, -0.1) is 0 Å². The maximum atomic E-state index is 11.2. The van der Waals surface area contributed by atoms with Crippen molar-refractivity contribution in [1.82, 2.24) is 0 Å². The van der Waals surface area contributed by atoms with Crippen LogP contribution in [0.25, 0.3) is 0 Å². The van der Waals surface area contributed by atoms with E-state index in [1.165, 1.54) is 19.3 Å². The maximum absolute atomic E-state index is 11.2. The molecule has 1 saturated carbocycles. The second kappa shape index (κ2) is 6.35. The van der Waals surface area contributed by atoms with Crippen molar-refractivity contribution in [3.8, 4) is 0 Å². The van der Waals surface area contributed by atoms with Gasteiger partial charge in [-0.25, -0.2) is 13.6 Å². The molecule has 0 aliphatic heterocycles. The van der Waals surface area contributed by atoms with Crippen LogP contribution in [0.15, 0.2) is 0 Å². The van der Waals surface area contributed by atoms with Crippen LogP contribution in [0.2, 0.25) is 0 Å². The first kappa shape index (κ1) is 15.9. The summed E-state index contributed by atoms with van der Waals surface area (Å²) in [6.45, 7) is 7.29. The predicted molar refractivity (Wildman–Crippen MR) is 73.7 cm³/mol. The van der Waals surface area contributed by atoms with Crippen molar-refractivity contribution in [3.63, 3.8) is 0 Å². The molecule has 0 amide bonds. The normalized spacial score (nSPS) is 19.6. The van der Waals surface area contributed by atoms with Gasteiger partial charge in [-0.1, -0.05) is 40.0 Å². The zero-order valence-corrected chi connectivity index (χ0v) is 12.6. The van der Waals surface area contributed by atoms with Crippen molar-refractivity contribution < 1.29 is 13.2 Å².